The van der Waals surface area contributed by atoms with Crippen molar-refractivity contribution in [2.75, 3.05) is 7.11 Å². The Labute approximate surface area is 126 Å². The van der Waals surface area contributed by atoms with Gasteiger partial charge in [0.1, 0.15) is 0 Å². The summed E-state index contributed by atoms with van der Waals surface area (Å²) in [5, 5.41) is 4.71. The highest BCUT2D eigenvalue weighted by atomic mass is 35.5. The Kier molecular flexibility index (Phi) is 5.00. The zero-order valence-corrected chi connectivity index (χ0v) is 12.5. The van der Waals surface area contributed by atoms with Crippen LogP contribution >= 0.6 is 23.2 Å². The van der Waals surface area contributed by atoms with Crippen molar-refractivity contribution in [1.82, 2.24) is 15.6 Å². The van der Waals surface area contributed by atoms with Gasteiger partial charge in [0.15, 0.2) is 5.82 Å². The maximum absolute atomic E-state index is 6.01. The molecule has 0 amide bonds. The smallest absolute Gasteiger partial charge is 0.230 e. The average Bonchev–Trinajstić information content (AvgIpc) is 2.84. The van der Waals surface area contributed by atoms with Gasteiger partial charge in [0.25, 0.3) is 0 Å². The summed E-state index contributed by atoms with van der Waals surface area (Å²) in [4.78, 5) is 9.09. The van der Waals surface area contributed by atoms with E-state index in [0.29, 0.717) is 28.2 Å². The molecular formula is C13H13Cl2N3O2. The van der Waals surface area contributed by atoms with Gasteiger partial charge in [-0.1, -0.05) is 34.4 Å². The van der Waals surface area contributed by atoms with Crippen LogP contribution in [0.25, 0.3) is 5.70 Å². The number of nitrogens with zero attached hydrogens (tertiary/aromatic N) is 2. The van der Waals surface area contributed by atoms with Crippen molar-refractivity contribution in [1.29, 1.82) is 0 Å². The number of hydrogen-bond donors (Lipinski definition) is 1. The summed E-state index contributed by atoms with van der Waals surface area (Å²) in [5.74, 6) is 1.13. The highest BCUT2D eigenvalue weighted by molar-refractivity contribution is 6.42. The van der Waals surface area contributed by atoms with Gasteiger partial charge < -0.3 is 4.52 Å². The van der Waals surface area contributed by atoms with Gasteiger partial charge in [-0.2, -0.15) is 4.98 Å². The Balaban J connectivity index is 2.23. The van der Waals surface area contributed by atoms with E-state index in [2.05, 4.69) is 15.6 Å². The lowest BCUT2D eigenvalue weighted by atomic mass is 10.1. The number of hydrogen-bond acceptors (Lipinski definition) is 5. The Morgan fingerprint density at radius 1 is 1.40 bits per heavy atom. The monoisotopic (exact) mass is 313 g/mol. The number of nitrogens with one attached hydrogen (secondary N) is 1. The predicted molar refractivity (Wildman–Crippen MR) is 77.3 cm³/mol. The van der Waals surface area contributed by atoms with Crippen LogP contribution in [0.15, 0.2) is 28.8 Å². The van der Waals surface area contributed by atoms with E-state index in [4.69, 9.17) is 32.6 Å². The fourth-order valence-electron chi connectivity index (χ4n) is 1.60. The molecule has 2 aromatic rings. The maximum Gasteiger partial charge on any atom is 0.230 e. The molecule has 1 aromatic carbocycles. The van der Waals surface area contributed by atoms with Crippen LogP contribution in [-0.2, 0) is 11.3 Å². The molecule has 0 aliphatic rings. The summed E-state index contributed by atoms with van der Waals surface area (Å²) >= 11 is 11.9. The molecule has 0 spiro atoms. The number of benzene rings is 1. The third kappa shape index (κ3) is 3.72. The molecule has 20 heavy (non-hydrogen) atoms. The van der Waals surface area contributed by atoms with Crippen LogP contribution in [-0.4, -0.2) is 17.3 Å². The minimum absolute atomic E-state index is 0.474. The van der Waals surface area contributed by atoms with Crippen LogP contribution in [0.4, 0.5) is 0 Å². The van der Waals surface area contributed by atoms with Crippen molar-refractivity contribution in [3.05, 3.63) is 51.6 Å². The van der Waals surface area contributed by atoms with E-state index >= 15 is 0 Å². The van der Waals surface area contributed by atoms with Crippen LogP contribution in [0.1, 0.15) is 17.3 Å². The molecule has 7 heteroatoms. The summed E-state index contributed by atoms with van der Waals surface area (Å²) in [6.45, 7) is 1.77. The minimum atomic E-state index is 0.474. The van der Waals surface area contributed by atoms with E-state index in [1.807, 2.05) is 12.1 Å². The third-order valence-corrected chi connectivity index (χ3v) is 3.23. The van der Waals surface area contributed by atoms with Gasteiger partial charge in [0.05, 0.1) is 22.9 Å². The van der Waals surface area contributed by atoms with E-state index in [0.717, 1.165) is 11.3 Å². The fraction of sp³-hybridized carbons (Fsp3) is 0.231. The number of rotatable bonds is 5. The molecule has 2 rings (SSSR count). The first-order chi connectivity index (χ1) is 9.60. The number of aromatic nitrogens is 2. The Morgan fingerprint density at radius 2 is 2.20 bits per heavy atom. The van der Waals surface area contributed by atoms with Gasteiger partial charge in [0.2, 0.25) is 5.89 Å². The molecule has 0 unspecified atom stereocenters. The molecule has 106 valence electrons. The van der Waals surface area contributed by atoms with Crippen LogP contribution < -0.4 is 5.48 Å². The van der Waals surface area contributed by atoms with Crippen molar-refractivity contribution < 1.29 is 9.36 Å². The number of allylic oxidation sites excluding steroid dienone is 1. The largest absolute Gasteiger partial charge is 0.339 e. The number of halogens is 2. The van der Waals surface area contributed by atoms with Gasteiger partial charge in [-0.15, -0.1) is 0 Å². The van der Waals surface area contributed by atoms with Crippen LogP contribution in [0.2, 0.25) is 10.0 Å². The molecule has 0 aliphatic heterocycles. The first kappa shape index (κ1) is 14.8. The second-order valence-electron chi connectivity index (χ2n) is 3.99. The van der Waals surface area contributed by atoms with Gasteiger partial charge in [0, 0.05) is 12.0 Å². The van der Waals surface area contributed by atoms with Gasteiger partial charge in [-0.25, -0.2) is 0 Å². The number of hydroxylamine groups is 1. The van der Waals surface area contributed by atoms with Crippen molar-refractivity contribution in [3.63, 3.8) is 0 Å². The lowest BCUT2D eigenvalue weighted by Crippen LogP contribution is -2.10. The molecule has 0 saturated heterocycles. The first-order valence-corrected chi connectivity index (χ1v) is 6.59. The second kappa shape index (κ2) is 6.74. The summed E-state index contributed by atoms with van der Waals surface area (Å²) < 4.78 is 5.05. The highest BCUT2D eigenvalue weighted by Gasteiger charge is 2.06. The van der Waals surface area contributed by atoms with Crippen LogP contribution in [0, 0.1) is 6.92 Å². The molecule has 0 bridgehead atoms. The molecule has 0 atom stereocenters. The van der Waals surface area contributed by atoms with Crippen LogP contribution in [0.5, 0.6) is 0 Å². The van der Waals surface area contributed by atoms with E-state index in [-0.39, 0.29) is 0 Å². The molecule has 0 aliphatic carbocycles. The highest BCUT2D eigenvalue weighted by Crippen LogP contribution is 2.25. The Hall–Kier alpha value is -1.56. The lowest BCUT2D eigenvalue weighted by Gasteiger charge is -2.09. The molecule has 0 fully saturated rings. The van der Waals surface area contributed by atoms with Gasteiger partial charge in [-0.3, -0.25) is 10.3 Å². The molecule has 0 saturated carbocycles. The topological polar surface area (TPSA) is 60.2 Å². The predicted octanol–water partition coefficient (Wildman–Crippen LogP) is 3.42. The van der Waals surface area contributed by atoms with Crippen molar-refractivity contribution in [3.8, 4) is 0 Å². The van der Waals surface area contributed by atoms with E-state index < -0.39 is 0 Å². The summed E-state index contributed by atoms with van der Waals surface area (Å²) in [6.07, 6.45) is 2.35. The second-order valence-corrected chi connectivity index (χ2v) is 4.81. The Morgan fingerprint density at radius 3 is 2.80 bits per heavy atom. The van der Waals surface area contributed by atoms with Gasteiger partial charge in [-0.05, 0) is 25.1 Å². The normalized spacial score (nSPS) is 11.7. The van der Waals surface area contributed by atoms with E-state index in [9.17, 15) is 0 Å². The molecule has 1 N–H and O–H groups in total. The van der Waals surface area contributed by atoms with Crippen molar-refractivity contribution in [2.45, 2.75) is 13.3 Å². The molecular weight excluding hydrogens is 301 g/mol. The molecule has 5 nitrogen and oxygen atoms in total. The quantitative estimate of drug-likeness (QED) is 0.857. The molecule has 1 heterocycles. The maximum atomic E-state index is 6.01. The third-order valence-electron chi connectivity index (χ3n) is 2.49. The van der Waals surface area contributed by atoms with Crippen molar-refractivity contribution >= 4 is 28.9 Å². The molecule has 0 radical (unpaired) electrons. The SMILES string of the molecule is CON/C(=C\Cc1nc(C)no1)c1ccc(Cl)c(Cl)c1. The Bertz CT molecular complexity index is 626. The van der Waals surface area contributed by atoms with E-state index in [1.54, 1.807) is 19.1 Å². The molecule has 1 aromatic heterocycles. The van der Waals surface area contributed by atoms with Gasteiger partial charge >= 0.3 is 0 Å². The first-order valence-electron chi connectivity index (χ1n) is 5.84. The summed E-state index contributed by atoms with van der Waals surface area (Å²) in [7, 11) is 1.53. The minimum Gasteiger partial charge on any atom is -0.339 e. The number of aryl methyl sites for hydroxylation is 1. The zero-order chi connectivity index (χ0) is 14.5. The zero-order valence-electron chi connectivity index (χ0n) is 11.0. The summed E-state index contributed by atoms with van der Waals surface area (Å²) in [5.41, 5.74) is 4.37. The standard InChI is InChI=1S/C13H13Cl2N3O2/c1-8-16-13(20-17-8)6-5-12(18-19-2)9-3-4-10(14)11(15)7-9/h3-5,7,18H,6H2,1-2H3/b12-5-. The average molecular weight is 314 g/mol. The van der Waals surface area contributed by atoms with Crippen molar-refractivity contribution in [2.24, 2.45) is 0 Å². The van der Waals surface area contributed by atoms with E-state index in [1.165, 1.54) is 7.11 Å². The lowest BCUT2D eigenvalue weighted by molar-refractivity contribution is 0.136. The van der Waals surface area contributed by atoms with Crippen LogP contribution in [0.3, 0.4) is 0 Å². The fourth-order valence-corrected chi connectivity index (χ4v) is 1.90. The summed E-state index contributed by atoms with van der Waals surface area (Å²) in [6, 6.07) is 5.31.